The van der Waals surface area contributed by atoms with Crippen LogP contribution in [-0.2, 0) is 0 Å². The fourth-order valence-electron chi connectivity index (χ4n) is 1.69. The SMILES string of the molecule is C1CCC(N2CN2)CC1. The zero-order chi connectivity index (χ0) is 6.10. The molecule has 0 radical (unpaired) electrons. The summed E-state index contributed by atoms with van der Waals surface area (Å²) in [5.74, 6) is 0. The highest BCUT2D eigenvalue weighted by Gasteiger charge is 2.27. The van der Waals surface area contributed by atoms with Crippen molar-refractivity contribution in [1.29, 1.82) is 0 Å². The minimum Gasteiger partial charge on any atom is -0.238 e. The van der Waals surface area contributed by atoms with E-state index in [0.717, 1.165) is 12.7 Å². The third-order valence-corrected chi connectivity index (χ3v) is 2.36. The number of nitrogens with zero attached hydrogens (tertiary/aromatic N) is 1. The third kappa shape index (κ3) is 1.25. The monoisotopic (exact) mass is 126 g/mol. The van der Waals surface area contributed by atoms with Crippen LogP contribution in [0.15, 0.2) is 0 Å². The van der Waals surface area contributed by atoms with E-state index in [1.54, 1.807) is 0 Å². The second-order valence-corrected chi connectivity index (χ2v) is 3.08. The van der Waals surface area contributed by atoms with Gasteiger partial charge in [0.2, 0.25) is 0 Å². The van der Waals surface area contributed by atoms with Crippen molar-refractivity contribution in [3.05, 3.63) is 0 Å². The quantitative estimate of drug-likeness (QED) is 0.532. The molecule has 1 aliphatic heterocycles. The fraction of sp³-hybridized carbons (Fsp3) is 1.00. The molecule has 2 rings (SSSR count). The molecule has 52 valence electrons. The van der Waals surface area contributed by atoms with Crippen molar-refractivity contribution >= 4 is 0 Å². The standard InChI is InChI=1S/C7H14N2/c1-2-4-7(5-3-1)9-6-8-9/h7-8H,1-6H2. The molecule has 2 nitrogen and oxygen atoms in total. The molecule has 1 atom stereocenters. The first kappa shape index (κ1) is 5.69. The van der Waals surface area contributed by atoms with Gasteiger partial charge in [0.1, 0.15) is 0 Å². The first-order chi connectivity index (χ1) is 4.47. The fourth-order valence-corrected chi connectivity index (χ4v) is 1.69. The number of nitrogens with one attached hydrogen (secondary N) is 1. The molecule has 1 aliphatic carbocycles. The summed E-state index contributed by atoms with van der Waals surface area (Å²) in [6.45, 7) is 1.14. The van der Waals surface area contributed by atoms with Crippen molar-refractivity contribution in [2.75, 3.05) is 6.67 Å². The molecular formula is C7H14N2. The maximum absolute atomic E-state index is 3.24. The van der Waals surface area contributed by atoms with Crippen molar-refractivity contribution in [1.82, 2.24) is 10.4 Å². The van der Waals surface area contributed by atoms with E-state index in [0.29, 0.717) is 0 Å². The Kier molecular flexibility index (Phi) is 1.44. The van der Waals surface area contributed by atoms with Crippen molar-refractivity contribution in [2.45, 2.75) is 38.1 Å². The summed E-state index contributed by atoms with van der Waals surface area (Å²) >= 11 is 0. The van der Waals surface area contributed by atoms with E-state index in [1.807, 2.05) is 0 Å². The predicted octanol–water partition coefficient (Wildman–Crippen LogP) is 1.10. The van der Waals surface area contributed by atoms with Crippen LogP contribution in [0.1, 0.15) is 32.1 Å². The number of hydrogen-bond acceptors (Lipinski definition) is 2. The first-order valence-electron chi connectivity index (χ1n) is 3.97. The van der Waals surface area contributed by atoms with E-state index in [2.05, 4.69) is 10.4 Å². The number of hydrazine groups is 1. The Morgan fingerprint density at radius 2 is 1.78 bits per heavy atom. The summed E-state index contributed by atoms with van der Waals surface area (Å²) in [6.07, 6.45) is 7.20. The van der Waals surface area contributed by atoms with Crippen LogP contribution in [0.25, 0.3) is 0 Å². The topological polar surface area (TPSA) is 25.0 Å². The molecule has 0 bridgehead atoms. The summed E-state index contributed by atoms with van der Waals surface area (Å²) in [5.41, 5.74) is 3.24. The average Bonchev–Trinajstić information content (AvgIpc) is 2.71. The lowest BCUT2D eigenvalue weighted by atomic mass is 9.96. The van der Waals surface area contributed by atoms with Gasteiger partial charge in [0, 0.05) is 6.04 Å². The Morgan fingerprint density at radius 3 is 2.33 bits per heavy atom. The second-order valence-electron chi connectivity index (χ2n) is 3.08. The highest BCUT2D eigenvalue weighted by molar-refractivity contribution is 4.77. The molecule has 2 fully saturated rings. The maximum atomic E-state index is 3.24. The van der Waals surface area contributed by atoms with Gasteiger partial charge in [-0.05, 0) is 12.8 Å². The molecule has 0 aromatic heterocycles. The molecular weight excluding hydrogens is 112 g/mol. The minimum atomic E-state index is 0.888. The van der Waals surface area contributed by atoms with Gasteiger partial charge in [-0.3, -0.25) is 0 Å². The van der Waals surface area contributed by atoms with Crippen LogP contribution in [0.4, 0.5) is 0 Å². The van der Waals surface area contributed by atoms with Gasteiger partial charge in [-0.1, -0.05) is 19.3 Å². The molecule has 9 heavy (non-hydrogen) atoms. The van der Waals surface area contributed by atoms with Gasteiger partial charge < -0.3 is 0 Å². The van der Waals surface area contributed by atoms with E-state index >= 15 is 0 Å². The number of rotatable bonds is 1. The lowest BCUT2D eigenvalue weighted by Gasteiger charge is -2.20. The van der Waals surface area contributed by atoms with E-state index in [1.165, 1.54) is 32.1 Å². The van der Waals surface area contributed by atoms with E-state index in [9.17, 15) is 0 Å². The van der Waals surface area contributed by atoms with Crippen LogP contribution in [0.2, 0.25) is 0 Å². The van der Waals surface area contributed by atoms with Gasteiger partial charge in [-0.2, -0.15) is 0 Å². The maximum Gasteiger partial charge on any atom is 0.0757 e. The lowest BCUT2D eigenvalue weighted by Crippen LogP contribution is -2.23. The Labute approximate surface area is 56.2 Å². The first-order valence-corrected chi connectivity index (χ1v) is 3.97. The van der Waals surface area contributed by atoms with E-state index < -0.39 is 0 Å². The second kappa shape index (κ2) is 2.27. The molecule has 1 heterocycles. The normalized spacial score (nSPS) is 36.7. The van der Waals surface area contributed by atoms with Crippen LogP contribution in [0.3, 0.4) is 0 Å². The van der Waals surface area contributed by atoms with Crippen LogP contribution in [0.5, 0.6) is 0 Å². The van der Waals surface area contributed by atoms with Crippen LogP contribution in [0, 0.1) is 0 Å². The summed E-state index contributed by atoms with van der Waals surface area (Å²) in [5, 5.41) is 2.36. The smallest absolute Gasteiger partial charge is 0.0757 e. The van der Waals surface area contributed by atoms with Crippen LogP contribution >= 0.6 is 0 Å². The number of hydrogen-bond donors (Lipinski definition) is 1. The van der Waals surface area contributed by atoms with Gasteiger partial charge in [0.05, 0.1) is 6.67 Å². The molecule has 0 amide bonds. The summed E-state index contributed by atoms with van der Waals surface area (Å²) in [6, 6.07) is 0.888. The minimum absolute atomic E-state index is 0.888. The van der Waals surface area contributed by atoms with Gasteiger partial charge in [0.25, 0.3) is 0 Å². The molecule has 0 aromatic carbocycles. The molecule has 1 saturated heterocycles. The van der Waals surface area contributed by atoms with Crippen LogP contribution in [-0.4, -0.2) is 17.7 Å². The van der Waals surface area contributed by atoms with Gasteiger partial charge in [0.15, 0.2) is 0 Å². The zero-order valence-corrected chi connectivity index (χ0v) is 5.77. The van der Waals surface area contributed by atoms with Crippen molar-refractivity contribution in [3.63, 3.8) is 0 Å². The Balaban J connectivity index is 1.80. The van der Waals surface area contributed by atoms with Crippen molar-refractivity contribution in [2.24, 2.45) is 0 Å². The van der Waals surface area contributed by atoms with Crippen LogP contribution < -0.4 is 5.43 Å². The molecule has 2 heteroatoms. The zero-order valence-electron chi connectivity index (χ0n) is 5.77. The van der Waals surface area contributed by atoms with Gasteiger partial charge in [-0.15, -0.1) is 0 Å². The van der Waals surface area contributed by atoms with Gasteiger partial charge >= 0.3 is 0 Å². The largest absolute Gasteiger partial charge is 0.238 e. The average molecular weight is 126 g/mol. The highest BCUT2D eigenvalue weighted by atomic mass is 15.7. The lowest BCUT2D eigenvalue weighted by molar-refractivity contribution is 0.280. The Morgan fingerprint density at radius 1 is 1.11 bits per heavy atom. The van der Waals surface area contributed by atoms with Crippen molar-refractivity contribution in [3.8, 4) is 0 Å². The molecule has 0 aromatic rings. The molecule has 1 unspecified atom stereocenters. The summed E-state index contributed by atoms with van der Waals surface area (Å²) < 4.78 is 0. The molecule has 2 aliphatic rings. The summed E-state index contributed by atoms with van der Waals surface area (Å²) in [7, 11) is 0. The summed E-state index contributed by atoms with van der Waals surface area (Å²) in [4.78, 5) is 0. The van der Waals surface area contributed by atoms with Crippen molar-refractivity contribution < 1.29 is 0 Å². The van der Waals surface area contributed by atoms with E-state index in [-0.39, 0.29) is 0 Å². The third-order valence-electron chi connectivity index (χ3n) is 2.36. The molecule has 1 saturated carbocycles. The van der Waals surface area contributed by atoms with E-state index in [4.69, 9.17) is 0 Å². The highest BCUT2D eigenvalue weighted by Crippen LogP contribution is 2.23. The Hall–Kier alpha value is -0.0800. The molecule has 1 N–H and O–H groups in total. The Bertz CT molecular complexity index is 93.1. The predicted molar refractivity (Wildman–Crippen MR) is 36.7 cm³/mol. The van der Waals surface area contributed by atoms with Gasteiger partial charge in [-0.25, -0.2) is 10.4 Å². The molecule has 0 spiro atoms.